The molecule has 0 N–H and O–H groups in total. The zero-order valence-corrected chi connectivity index (χ0v) is 14.2. The highest BCUT2D eigenvalue weighted by molar-refractivity contribution is 5.54. The van der Waals surface area contributed by atoms with Crippen molar-refractivity contribution in [2.75, 3.05) is 6.61 Å². The maximum atomic E-state index is 13.1. The molecule has 1 heterocycles. The van der Waals surface area contributed by atoms with Crippen molar-refractivity contribution in [3.05, 3.63) is 52.8 Å². The molecule has 0 radical (unpaired) electrons. The summed E-state index contributed by atoms with van der Waals surface area (Å²) in [5, 5.41) is 8.30. The minimum absolute atomic E-state index is 0.306. The van der Waals surface area contributed by atoms with Gasteiger partial charge in [-0.1, -0.05) is 6.07 Å². The molecule has 3 rings (SSSR count). The van der Waals surface area contributed by atoms with Crippen molar-refractivity contribution in [1.82, 2.24) is 14.8 Å². The molecular formula is C18H20F3N3O. The number of nitrogens with zero attached hydrogens (tertiary/aromatic N) is 3. The highest BCUT2D eigenvalue weighted by Gasteiger charge is 2.32. The fourth-order valence-corrected chi connectivity index (χ4v) is 2.71. The molecule has 1 aromatic heterocycles. The van der Waals surface area contributed by atoms with Gasteiger partial charge < -0.3 is 9.30 Å². The van der Waals surface area contributed by atoms with Crippen LogP contribution < -0.4 is 0 Å². The SMILES string of the molecule is CCO/C=C\c1ccc(C(F)(F)F)cc1Cn1c(C)nnc1C1CC1. The molecular weight excluding hydrogens is 331 g/mol. The van der Waals surface area contributed by atoms with Crippen molar-refractivity contribution < 1.29 is 17.9 Å². The summed E-state index contributed by atoms with van der Waals surface area (Å²) in [4.78, 5) is 0. The molecule has 25 heavy (non-hydrogen) atoms. The van der Waals surface area contributed by atoms with Crippen LogP contribution in [0.3, 0.4) is 0 Å². The number of ether oxygens (including phenoxy) is 1. The van der Waals surface area contributed by atoms with Crippen molar-refractivity contribution in [3.8, 4) is 0 Å². The monoisotopic (exact) mass is 351 g/mol. The Hall–Kier alpha value is -2.31. The van der Waals surface area contributed by atoms with Gasteiger partial charge >= 0.3 is 6.18 Å². The van der Waals surface area contributed by atoms with Crippen LogP contribution in [-0.2, 0) is 17.5 Å². The van der Waals surface area contributed by atoms with E-state index in [-0.39, 0.29) is 0 Å². The van der Waals surface area contributed by atoms with Crippen LogP contribution in [-0.4, -0.2) is 21.4 Å². The van der Waals surface area contributed by atoms with Crippen LogP contribution >= 0.6 is 0 Å². The standard InChI is InChI=1S/C18H20F3N3O/c1-3-25-9-8-13-6-7-16(18(19,20)21)10-15(13)11-24-12(2)22-23-17(24)14-4-5-14/h6-10,14H,3-5,11H2,1-2H3/b9-8-. The molecule has 0 unspecified atom stereocenters. The van der Waals surface area contributed by atoms with E-state index in [0.717, 1.165) is 24.7 Å². The number of aryl methyl sites for hydroxylation is 1. The maximum absolute atomic E-state index is 13.1. The summed E-state index contributed by atoms with van der Waals surface area (Å²) < 4.78 is 46.4. The number of hydrogen-bond donors (Lipinski definition) is 0. The number of halogens is 3. The van der Waals surface area contributed by atoms with Crippen LogP contribution in [0.15, 0.2) is 24.5 Å². The molecule has 1 aromatic carbocycles. The second-order valence-electron chi connectivity index (χ2n) is 6.14. The zero-order valence-electron chi connectivity index (χ0n) is 14.2. The Balaban J connectivity index is 1.98. The molecule has 0 spiro atoms. The second kappa shape index (κ2) is 6.90. The summed E-state index contributed by atoms with van der Waals surface area (Å²) in [6.07, 6.45) is 0.927. The third-order valence-electron chi connectivity index (χ3n) is 4.22. The average molecular weight is 351 g/mol. The fraction of sp³-hybridized carbons (Fsp3) is 0.444. The average Bonchev–Trinajstić information content (AvgIpc) is 3.33. The number of aromatic nitrogens is 3. The van der Waals surface area contributed by atoms with Crippen molar-refractivity contribution in [2.24, 2.45) is 0 Å². The molecule has 134 valence electrons. The van der Waals surface area contributed by atoms with Gasteiger partial charge in [0, 0.05) is 5.92 Å². The Kier molecular flexibility index (Phi) is 4.83. The Morgan fingerprint density at radius 3 is 2.68 bits per heavy atom. The molecule has 0 saturated heterocycles. The van der Waals surface area contributed by atoms with E-state index >= 15 is 0 Å². The Bertz CT molecular complexity index is 776. The molecule has 1 aliphatic carbocycles. The predicted octanol–water partition coefficient (Wildman–Crippen LogP) is 4.54. The van der Waals surface area contributed by atoms with E-state index in [9.17, 15) is 13.2 Å². The number of hydrogen-bond acceptors (Lipinski definition) is 3. The zero-order chi connectivity index (χ0) is 18.0. The lowest BCUT2D eigenvalue weighted by Gasteiger charge is -2.14. The number of alkyl halides is 3. The van der Waals surface area contributed by atoms with E-state index in [4.69, 9.17) is 4.74 Å². The van der Waals surface area contributed by atoms with Gasteiger partial charge in [-0.2, -0.15) is 13.2 Å². The van der Waals surface area contributed by atoms with E-state index < -0.39 is 11.7 Å². The molecule has 7 heteroatoms. The molecule has 1 fully saturated rings. The first kappa shape index (κ1) is 17.5. The topological polar surface area (TPSA) is 39.9 Å². The molecule has 0 amide bonds. The van der Waals surface area contributed by atoms with Crippen LogP contribution in [0, 0.1) is 6.92 Å². The normalized spacial score (nSPS) is 15.1. The second-order valence-corrected chi connectivity index (χ2v) is 6.14. The highest BCUT2D eigenvalue weighted by Crippen LogP contribution is 2.39. The minimum atomic E-state index is -4.38. The molecule has 0 atom stereocenters. The first-order valence-corrected chi connectivity index (χ1v) is 8.28. The quantitative estimate of drug-likeness (QED) is 0.718. The van der Waals surface area contributed by atoms with Crippen LogP contribution in [0.1, 0.15) is 54.0 Å². The first-order valence-electron chi connectivity index (χ1n) is 8.28. The highest BCUT2D eigenvalue weighted by atomic mass is 19.4. The van der Waals surface area contributed by atoms with E-state index in [2.05, 4.69) is 10.2 Å². The first-order chi connectivity index (χ1) is 11.9. The van der Waals surface area contributed by atoms with Gasteiger partial charge in [0.25, 0.3) is 0 Å². The fourth-order valence-electron chi connectivity index (χ4n) is 2.71. The minimum Gasteiger partial charge on any atom is -0.501 e. The smallest absolute Gasteiger partial charge is 0.416 e. The largest absolute Gasteiger partial charge is 0.501 e. The van der Waals surface area contributed by atoms with Gasteiger partial charge in [-0.15, -0.1) is 10.2 Å². The Morgan fingerprint density at radius 1 is 1.28 bits per heavy atom. The summed E-state index contributed by atoms with van der Waals surface area (Å²) in [6, 6.07) is 3.77. The third-order valence-corrected chi connectivity index (χ3v) is 4.22. The summed E-state index contributed by atoms with van der Waals surface area (Å²) in [7, 11) is 0. The lowest BCUT2D eigenvalue weighted by molar-refractivity contribution is -0.137. The number of rotatable bonds is 6. The van der Waals surface area contributed by atoms with E-state index in [1.807, 2.05) is 18.4 Å². The third kappa shape index (κ3) is 4.03. The van der Waals surface area contributed by atoms with Crippen LogP contribution in [0.5, 0.6) is 0 Å². The molecule has 0 bridgehead atoms. The van der Waals surface area contributed by atoms with Crippen molar-refractivity contribution >= 4 is 6.08 Å². The maximum Gasteiger partial charge on any atom is 0.416 e. The molecule has 1 aliphatic rings. The summed E-state index contributed by atoms with van der Waals surface area (Å²) in [5.41, 5.74) is 0.599. The molecule has 1 saturated carbocycles. The van der Waals surface area contributed by atoms with Gasteiger partial charge in [0.15, 0.2) is 0 Å². The summed E-state index contributed by atoms with van der Waals surface area (Å²) >= 11 is 0. The van der Waals surface area contributed by atoms with E-state index in [1.54, 1.807) is 6.08 Å². The molecule has 2 aromatic rings. The van der Waals surface area contributed by atoms with Gasteiger partial charge in [0.05, 0.1) is 25.0 Å². The van der Waals surface area contributed by atoms with Crippen molar-refractivity contribution in [2.45, 2.75) is 45.3 Å². The van der Waals surface area contributed by atoms with Gasteiger partial charge in [-0.3, -0.25) is 0 Å². The van der Waals surface area contributed by atoms with Gasteiger partial charge in [0.1, 0.15) is 11.6 Å². The lowest BCUT2D eigenvalue weighted by atomic mass is 10.0. The van der Waals surface area contributed by atoms with Crippen LogP contribution in [0.25, 0.3) is 6.08 Å². The lowest BCUT2D eigenvalue weighted by Crippen LogP contribution is -2.10. The van der Waals surface area contributed by atoms with Crippen LogP contribution in [0.4, 0.5) is 13.2 Å². The van der Waals surface area contributed by atoms with E-state index in [0.29, 0.717) is 36.0 Å². The molecule has 0 aliphatic heterocycles. The van der Waals surface area contributed by atoms with E-state index in [1.165, 1.54) is 18.4 Å². The number of benzene rings is 1. The Morgan fingerprint density at radius 2 is 2.04 bits per heavy atom. The van der Waals surface area contributed by atoms with Gasteiger partial charge in [-0.25, -0.2) is 0 Å². The predicted molar refractivity (Wildman–Crippen MR) is 87.9 cm³/mol. The van der Waals surface area contributed by atoms with Crippen molar-refractivity contribution in [3.63, 3.8) is 0 Å². The Labute approximate surface area is 144 Å². The van der Waals surface area contributed by atoms with Crippen LogP contribution in [0.2, 0.25) is 0 Å². The van der Waals surface area contributed by atoms with Gasteiger partial charge in [0.2, 0.25) is 0 Å². The van der Waals surface area contributed by atoms with Gasteiger partial charge in [-0.05, 0) is 56.0 Å². The summed E-state index contributed by atoms with van der Waals surface area (Å²) in [5.74, 6) is 1.93. The summed E-state index contributed by atoms with van der Waals surface area (Å²) in [6.45, 7) is 4.48. The van der Waals surface area contributed by atoms with Crippen molar-refractivity contribution in [1.29, 1.82) is 0 Å². The molecule has 4 nitrogen and oxygen atoms in total.